The molecule has 1 aromatic carbocycles. The number of aromatic nitrogens is 1. The topological polar surface area (TPSA) is 72.8 Å². The van der Waals surface area contributed by atoms with Crippen molar-refractivity contribution in [3.63, 3.8) is 0 Å². The predicted molar refractivity (Wildman–Crippen MR) is 133 cm³/mol. The van der Waals surface area contributed by atoms with Crippen molar-refractivity contribution in [2.45, 2.75) is 57.2 Å². The van der Waals surface area contributed by atoms with Gasteiger partial charge in [0.05, 0.1) is 31.0 Å². The number of thiophene rings is 1. The van der Waals surface area contributed by atoms with Gasteiger partial charge in [-0.15, -0.1) is 11.3 Å². The molecule has 5 rings (SSSR count). The summed E-state index contributed by atoms with van der Waals surface area (Å²) in [7, 11) is 3.26. The Kier molecular flexibility index (Phi) is 6.02. The fourth-order valence-corrected chi connectivity index (χ4v) is 6.17. The molecule has 0 spiro atoms. The molecule has 1 atom stereocenters. The van der Waals surface area contributed by atoms with E-state index in [9.17, 15) is 9.59 Å². The second-order valence-electron chi connectivity index (χ2n) is 9.40. The summed E-state index contributed by atoms with van der Waals surface area (Å²) in [6, 6.07) is 9.83. The first-order valence-electron chi connectivity index (χ1n) is 11.8. The van der Waals surface area contributed by atoms with Gasteiger partial charge in [-0.1, -0.05) is 12.8 Å². The Labute approximate surface area is 203 Å². The molecular formula is C26H31N3O4S. The molecular weight excluding hydrogens is 450 g/mol. The first kappa shape index (κ1) is 22.8. The molecule has 180 valence electrons. The molecule has 7 nitrogen and oxygen atoms in total. The molecule has 0 saturated heterocycles. The van der Waals surface area contributed by atoms with Crippen LogP contribution >= 0.6 is 11.3 Å². The average Bonchev–Trinajstić information content (AvgIpc) is 3.58. The van der Waals surface area contributed by atoms with Gasteiger partial charge in [-0.05, 0) is 67.5 Å². The summed E-state index contributed by atoms with van der Waals surface area (Å²) in [5.74, 6) is 1.29. The molecule has 3 aromatic rings. The summed E-state index contributed by atoms with van der Waals surface area (Å²) in [5.41, 5.74) is 1.61. The predicted octanol–water partition coefficient (Wildman–Crippen LogP) is 4.24. The van der Waals surface area contributed by atoms with E-state index in [1.165, 1.54) is 0 Å². The summed E-state index contributed by atoms with van der Waals surface area (Å²) >= 11 is 1.62. The van der Waals surface area contributed by atoms with Crippen molar-refractivity contribution in [1.29, 1.82) is 0 Å². The normalized spacial score (nSPS) is 20.6. The minimum atomic E-state index is -0.993. The Balaban J connectivity index is 1.49. The maximum absolute atomic E-state index is 13.8. The fraction of sp³-hybridized carbons (Fsp3) is 0.462. The Bertz CT molecular complexity index is 1230. The van der Waals surface area contributed by atoms with Gasteiger partial charge in [0.1, 0.15) is 22.7 Å². The highest BCUT2D eigenvalue weighted by molar-refractivity contribution is 7.17. The third-order valence-electron chi connectivity index (χ3n) is 7.32. The number of ether oxygens (including phenoxy) is 2. The lowest BCUT2D eigenvalue weighted by molar-refractivity contribution is -0.133. The van der Waals surface area contributed by atoms with E-state index in [-0.39, 0.29) is 17.9 Å². The summed E-state index contributed by atoms with van der Waals surface area (Å²) in [4.78, 5) is 29.3. The zero-order valence-electron chi connectivity index (χ0n) is 19.9. The summed E-state index contributed by atoms with van der Waals surface area (Å²) < 4.78 is 14.0. The van der Waals surface area contributed by atoms with Gasteiger partial charge >= 0.3 is 0 Å². The van der Waals surface area contributed by atoms with Gasteiger partial charge in [0, 0.05) is 12.6 Å². The largest absolute Gasteiger partial charge is 0.497 e. The van der Waals surface area contributed by atoms with E-state index in [4.69, 9.17) is 9.47 Å². The van der Waals surface area contributed by atoms with Crippen LogP contribution in [0.2, 0.25) is 0 Å². The van der Waals surface area contributed by atoms with E-state index in [0.29, 0.717) is 25.2 Å². The van der Waals surface area contributed by atoms with Crippen LogP contribution in [0.1, 0.15) is 48.7 Å². The first-order chi connectivity index (χ1) is 16.4. The quantitative estimate of drug-likeness (QED) is 0.548. The van der Waals surface area contributed by atoms with Gasteiger partial charge in [-0.3, -0.25) is 9.59 Å². The number of rotatable bonds is 7. The molecule has 0 unspecified atom stereocenters. The molecule has 2 amide bonds. The third-order valence-corrected chi connectivity index (χ3v) is 8.17. The monoisotopic (exact) mass is 481 g/mol. The second kappa shape index (κ2) is 8.98. The van der Waals surface area contributed by atoms with Crippen LogP contribution in [0.15, 0.2) is 35.7 Å². The number of hydrogen-bond donors (Lipinski definition) is 1. The molecule has 1 aliphatic carbocycles. The first-order valence-corrected chi connectivity index (χ1v) is 12.7. The van der Waals surface area contributed by atoms with E-state index < -0.39 is 5.54 Å². The number of nitrogens with one attached hydrogen (secondary N) is 1. The van der Waals surface area contributed by atoms with Crippen LogP contribution in [0.25, 0.3) is 10.2 Å². The number of carbonyl (C=O) groups excluding carboxylic acids is 2. The molecule has 1 saturated carbocycles. The molecule has 2 aliphatic rings. The van der Waals surface area contributed by atoms with Crippen molar-refractivity contribution >= 4 is 33.4 Å². The highest BCUT2D eigenvalue weighted by Crippen LogP contribution is 2.35. The molecule has 2 aromatic heterocycles. The lowest BCUT2D eigenvalue weighted by Gasteiger charge is -2.44. The molecule has 8 heteroatoms. The number of methoxy groups -OCH3 is 2. The molecule has 0 radical (unpaired) electrons. The molecule has 1 aliphatic heterocycles. The van der Waals surface area contributed by atoms with Gasteiger partial charge in [0.2, 0.25) is 5.91 Å². The Morgan fingerprint density at radius 3 is 2.71 bits per heavy atom. The van der Waals surface area contributed by atoms with Crippen LogP contribution in [-0.2, 0) is 17.8 Å². The van der Waals surface area contributed by atoms with Gasteiger partial charge in [0.15, 0.2) is 0 Å². The highest BCUT2D eigenvalue weighted by atomic mass is 32.1. The summed E-state index contributed by atoms with van der Waals surface area (Å²) in [5, 5.41) is 5.28. The summed E-state index contributed by atoms with van der Waals surface area (Å²) in [6.07, 6.45) is 4.82. The number of benzene rings is 1. The van der Waals surface area contributed by atoms with E-state index in [1.54, 1.807) is 30.5 Å². The fourth-order valence-electron chi connectivity index (χ4n) is 5.34. The standard InChI is InChI=1S/C26H31N3O4S/c1-26(25(31)27-18-6-4-5-7-18)16-28-20-11-13-34-23(20)15-21(28)24(30)29(26)12-10-17-14-19(32-2)8-9-22(17)33-3/h8-9,11,13-15,18H,4-7,10,12,16H2,1-3H3,(H,27,31)/t26-/m0/s1. The van der Waals surface area contributed by atoms with Crippen LogP contribution in [0.4, 0.5) is 0 Å². The zero-order valence-corrected chi connectivity index (χ0v) is 20.7. The Hall–Kier alpha value is -3.00. The average molecular weight is 482 g/mol. The Morgan fingerprint density at radius 1 is 1.18 bits per heavy atom. The van der Waals surface area contributed by atoms with Gasteiger partial charge in [0.25, 0.3) is 5.91 Å². The van der Waals surface area contributed by atoms with Crippen molar-refractivity contribution in [2.75, 3.05) is 20.8 Å². The van der Waals surface area contributed by atoms with Crippen LogP contribution in [0, 0.1) is 0 Å². The Morgan fingerprint density at radius 2 is 1.97 bits per heavy atom. The maximum atomic E-state index is 13.8. The van der Waals surface area contributed by atoms with Crippen LogP contribution in [-0.4, -0.2) is 53.6 Å². The smallest absolute Gasteiger partial charge is 0.271 e. The van der Waals surface area contributed by atoms with E-state index >= 15 is 0 Å². The summed E-state index contributed by atoms with van der Waals surface area (Å²) in [6.45, 7) is 2.73. The van der Waals surface area contributed by atoms with E-state index in [1.807, 2.05) is 47.2 Å². The van der Waals surface area contributed by atoms with Crippen LogP contribution in [0.3, 0.4) is 0 Å². The number of fused-ring (bicyclic) bond motifs is 3. The third kappa shape index (κ3) is 3.83. The lowest BCUT2D eigenvalue weighted by atomic mass is 9.93. The van der Waals surface area contributed by atoms with Crippen molar-refractivity contribution in [2.24, 2.45) is 0 Å². The number of hydrogen-bond acceptors (Lipinski definition) is 5. The van der Waals surface area contributed by atoms with Gasteiger partial charge in [-0.2, -0.15) is 0 Å². The number of amides is 2. The SMILES string of the molecule is COc1ccc(OC)c(CCN2C(=O)c3cc4sccc4n3C[C@@]2(C)C(=O)NC2CCCC2)c1. The minimum absolute atomic E-state index is 0.0758. The molecule has 1 fully saturated rings. The van der Waals surface area contributed by atoms with Crippen molar-refractivity contribution in [1.82, 2.24) is 14.8 Å². The number of carbonyl (C=O) groups is 2. The van der Waals surface area contributed by atoms with E-state index in [0.717, 1.165) is 53.0 Å². The van der Waals surface area contributed by atoms with Gasteiger partial charge in [-0.25, -0.2) is 0 Å². The molecule has 0 bridgehead atoms. The maximum Gasteiger partial charge on any atom is 0.271 e. The molecule has 3 heterocycles. The highest BCUT2D eigenvalue weighted by Gasteiger charge is 2.48. The van der Waals surface area contributed by atoms with E-state index in [2.05, 4.69) is 5.32 Å². The second-order valence-corrected chi connectivity index (χ2v) is 10.3. The lowest BCUT2D eigenvalue weighted by Crippen LogP contribution is -2.65. The molecule has 1 N–H and O–H groups in total. The van der Waals surface area contributed by atoms with Gasteiger partial charge < -0.3 is 24.3 Å². The van der Waals surface area contributed by atoms with Crippen LogP contribution < -0.4 is 14.8 Å². The zero-order chi connectivity index (χ0) is 23.9. The van der Waals surface area contributed by atoms with Crippen molar-refractivity contribution < 1.29 is 19.1 Å². The van der Waals surface area contributed by atoms with Crippen molar-refractivity contribution in [3.8, 4) is 11.5 Å². The minimum Gasteiger partial charge on any atom is -0.497 e. The number of nitrogens with zero attached hydrogens (tertiary/aromatic N) is 2. The van der Waals surface area contributed by atoms with Crippen LogP contribution in [0.5, 0.6) is 11.5 Å². The molecule has 34 heavy (non-hydrogen) atoms. The van der Waals surface area contributed by atoms with Crippen molar-refractivity contribution in [3.05, 3.63) is 47.0 Å².